The van der Waals surface area contributed by atoms with Crippen LogP contribution in [0.15, 0.2) is 51.5 Å². The molecule has 4 aromatic rings. The lowest BCUT2D eigenvalue weighted by molar-refractivity contribution is -0.123. The second kappa shape index (κ2) is 9.93. The summed E-state index contributed by atoms with van der Waals surface area (Å²) in [6.07, 6.45) is 5.48. The third-order valence-electron chi connectivity index (χ3n) is 6.84. The van der Waals surface area contributed by atoms with Gasteiger partial charge < -0.3 is 18.5 Å². The number of hydrogen-bond donors (Lipinski definition) is 0. The van der Waals surface area contributed by atoms with E-state index in [0.29, 0.717) is 33.7 Å². The number of anilines is 1. The fourth-order valence-corrected chi connectivity index (χ4v) is 6.07. The van der Waals surface area contributed by atoms with Crippen molar-refractivity contribution in [3.05, 3.63) is 48.2 Å². The molecule has 1 fully saturated rings. The molecule has 1 aromatic carbocycles. The Hall–Kier alpha value is -3.39. The molecule has 0 bridgehead atoms. The van der Waals surface area contributed by atoms with Gasteiger partial charge in [-0.1, -0.05) is 19.1 Å². The smallest absolute Gasteiger partial charge is 0.340 e. The fourth-order valence-electron chi connectivity index (χ4n) is 4.81. The Balaban J connectivity index is 1.50. The number of rotatable bonds is 6. The van der Waals surface area contributed by atoms with E-state index >= 15 is 0 Å². The van der Waals surface area contributed by atoms with E-state index in [4.69, 9.17) is 13.6 Å². The highest BCUT2D eigenvalue weighted by atomic mass is 32.1. The van der Waals surface area contributed by atoms with Crippen LogP contribution in [0.5, 0.6) is 0 Å². The molecule has 36 heavy (non-hydrogen) atoms. The second-order valence-electron chi connectivity index (χ2n) is 9.77. The highest BCUT2D eigenvalue weighted by Crippen LogP contribution is 2.42. The van der Waals surface area contributed by atoms with Gasteiger partial charge in [0, 0.05) is 22.4 Å². The molecule has 3 aromatic heterocycles. The molecule has 0 radical (unpaired) electrons. The van der Waals surface area contributed by atoms with Crippen LogP contribution in [-0.4, -0.2) is 30.0 Å². The summed E-state index contributed by atoms with van der Waals surface area (Å²) < 4.78 is 16.7. The summed E-state index contributed by atoms with van der Waals surface area (Å²) in [5.41, 5.74) is 2.59. The Bertz CT molecular complexity index is 1360. The largest absolute Gasteiger partial charge is 0.465 e. The molecule has 1 saturated carbocycles. The number of hydrogen-bond acceptors (Lipinski definition) is 7. The van der Waals surface area contributed by atoms with Gasteiger partial charge in [-0.15, -0.1) is 11.3 Å². The first-order valence-electron chi connectivity index (χ1n) is 12.4. The van der Waals surface area contributed by atoms with Crippen molar-refractivity contribution in [1.29, 1.82) is 0 Å². The predicted octanol–water partition coefficient (Wildman–Crippen LogP) is 7.17. The number of para-hydroxylation sites is 2. The Labute approximate surface area is 214 Å². The van der Waals surface area contributed by atoms with E-state index in [9.17, 15) is 9.59 Å². The van der Waals surface area contributed by atoms with Gasteiger partial charge in [0.15, 0.2) is 11.3 Å². The van der Waals surface area contributed by atoms with Crippen LogP contribution in [0.1, 0.15) is 56.8 Å². The van der Waals surface area contributed by atoms with Crippen molar-refractivity contribution in [2.24, 2.45) is 11.8 Å². The van der Waals surface area contributed by atoms with Crippen LogP contribution >= 0.6 is 11.3 Å². The topological polar surface area (TPSA) is 85.8 Å². The van der Waals surface area contributed by atoms with Crippen molar-refractivity contribution in [3.63, 3.8) is 0 Å². The third-order valence-corrected chi connectivity index (χ3v) is 8.03. The number of esters is 1. The average molecular weight is 507 g/mol. The Kier molecular flexibility index (Phi) is 6.71. The van der Waals surface area contributed by atoms with Crippen molar-refractivity contribution >= 4 is 39.3 Å². The minimum absolute atomic E-state index is 0.0284. The highest BCUT2D eigenvalue weighted by Gasteiger charge is 2.34. The lowest BCUT2D eigenvalue weighted by Gasteiger charge is -2.33. The van der Waals surface area contributed by atoms with Gasteiger partial charge in [0.05, 0.1) is 12.7 Å². The zero-order valence-corrected chi connectivity index (χ0v) is 21.8. The van der Waals surface area contributed by atoms with E-state index in [-0.39, 0.29) is 17.9 Å². The molecule has 0 aliphatic heterocycles. The fraction of sp³-hybridized carbons (Fsp3) is 0.393. The van der Waals surface area contributed by atoms with Crippen molar-refractivity contribution in [2.45, 2.75) is 52.5 Å². The first-order valence-corrected chi connectivity index (χ1v) is 13.2. The van der Waals surface area contributed by atoms with Crippen LogP contribution in [0.4, 0.5) is 5.00 Å². The van der Waals surface area contributed by atoms with Crippen molar-refractivity contribution < 1.29 is 23.2 Å². The normalized spacial score (nSPS) is 18.0. The van der Waals surface area contributed by atoms with Gasteiger partial charge in [-0.3, -0.25) is 4.79 Å². The monoisotopic (exact) mass is 506 g/mol. The van der Waals surface area contributed by atoms with E-state index in [0.717, 1.165) is 41.6 Å². The molecule has 188 valence electrons. The molecule has 0 saturated heterocycles. The average Bonchev–Trinajstić information content (AvgIpc) is 3.61. The van der Waals surface area contributed by atoms with Crippen LogP contribution in [0, 0.1) is 11.8 Å². The molecule has 3 heterocycles. The number of nitrogens with zero attached hydrogens (tertiary/aromatic N) is 2. The number of oxazole rings is 1. The maximum atomic E-state index is 13.7. The van der Waals surface area contributed by atoms with Gasteiger partial charge in [-0.2, -0.15) is 0 Å². The standard InChI is InChI=1S/C28H30N2O5S/c1-16(2)30(26(31)18-11-9-17(3)10-12-18)27-20(28(32)33-4)14-24(36-27)19-13-23(34-15-19)25-29-21-7-5-6-8-22(21)35-25/h5-8,13-18H,9-12H2,1-4H3. The quantitative estimate of drug-likeness (QED) is 0.258. The maximum absolute atomic E-state index is 13.7. The summed E-state index contributed by atoms with van der Waals surface area (Å²) >= 11 is 1.39. The number of furan rings is 1. The van der Waals surface area contributed by atoms with Crippen molar-refractivity contribution in [2.75, 3.05) is 12.0 Å². The number of ether oxygens (including phenoxy) is 1. The van der Waals surface area contributed by atoms with Gasteiger partial charge in [-0.25, -0.2) is 9.78 Å². The molecule has 5 rings (SSSR count). The predicted molar refractivity (Wildman–Crippen MR) is 140 cm³/mol. The highest BCUT2D eigenvalue weighted by molar-refractivity contribution is 7.20. The van der Waals surface area contributed by atoms with Crippen molar-refractivity contribution in [3.8, 4) is 22.1 Å². The molecular weight excluding hydrogens is 476 g/mol. The van der Waals surface area contributed by atoms with E-state index < -0.39 is 5.97 Å². The number of carbonyl (C=O) groups excluding carboxylic acids is 2. The SMILES string of the molecule is COC(=O)c1cc(-c2coc(-c3nc4ccccc4o3)c2)sc1N(C(=O)C1CCC(C)CC1)C(C)C. The molecule has 0 spiro atoms. The third kappa shape index (κ3) is 4.57. The molecule has 7 nitrogen and oxygen atoms in total. The van der Waals surface area contributed by atoms with E-state index in [2.05, 4.69) is 11.9 Å². The minimum Gasteiger partial charge on any atom is -0.465 e. The van der Waals surface area contributed by atoms with Crippen molar-refractivity contribution in [1.82, 2.24) is 4.98 Å². The van der Waals surface area contributed by atoms with Gasteiger partial charge in [-0.05, 0) is 69.7 Å². The molecular formula is C28H30N2O5S. The van der Waals surface area contributed by atoms with E-state index in [1.807, 2.05) is 44.2 Å². The summed E-state index contributed by atoms with van der Waals surface area (Å²) in [4.78, 5) is 33.5. The number of fused-ring (bicyclic) bond motifs is 1. The lowest BCUT2D eigenvalue weighted by atomic mass is 9.82. The summed E-state index contributed by atoms with van der Waals surface area (Å²) in [5, 5.41) is 0.611. The molecule has 1 aliphatic rings. The van der Waals surface area contributed by atoms with Gasteiger partial charge in [0.25, 0.3) is 5.89 Å². The lowest BCUT2D eigenvalue weighted by Crippen LogP contribution is -2.42. The molecule has 0 N–H and O–H groups in total. The van der Waals surface area contributed by atoms with Crippen LogP contribution in [-0.2, 0) is 9.53 Å². The summed E-state index contributed by atoms with van der Waals surface area (Å²) in [6, 6.07) is 11.0. The summed E-state index contributed by atoms with van der Waals surface area (Å²) in [6.45, 7) is 6.20. The summed E-state index contributed by atoms with van der Waals surface area (Å²) in [5.74, 6) is 1.11. The Morgan fingerprint density at radius 2 is 1.89 bits per heavy atom. The molecule has 1 amide bonds. The molecule has 0 atom stereocenters. The number of carbonyl (C=O) groups is 2. The number of aromatic nitrogens is 1. The summed E-state index contributed by atoms with van der Waals surface area (Å²) in [7, 11) is 1.36. The van der Waals surface area contributed by atoms with Gasteiger partial charge in [0.2, 0.25) is 5.91 Å². The molecule has 8 heteroatoms. The first-order chi connectivity index (χ1) is 17.4. The maximum Gasteiger partial charge on any atom is 0.340 e. The Morgan fingerprint density at radius 3 is 2.58 bits per heavy atom. The van der Waals surface area contributed by atoms with E-state index in [1.165, 1.54) is 18.4 Å². The molecule has 0 unspecified atom stereocenters. The number of thiophene rings is 1. The number of methoxy groups -OCH3 is 1. The molecule has 1 aliphatic carbocycles. The minimum atomic E-state index is -0.467. The van der Waals surface area contributed by atoms with E-state index in [1.54, 1.807) is 17.2 Å². The number of benzene rings is 1. The first kappa shape index (κ1) is 24.3. The number of amides is 1. The Morgan fingerprint density at radius 1 is 1.14 bits per heavy atom. The van der Waals surface area contributed by atoms with Gasteiger partial charge >= 0.3 is 5.97 Å². The second-order valence-corrected chi connectivity index (χ2v) is 10.8. The van der Waals surface area contributed by atoms with Crippen LogP contribution < -0.4 is 4.90 Å². The zero-order valence-electron chi connectivity index (χ0n) is 20.9. The van der Waals surface area contributed by atoms with Crippen LogP contribution in [0.3, 0.4) is 0 Å². The van der Waals surface area contributed by atoms with Crippen LogP contribution in [0.25, 0.3) is 33.2 Å². The van der Waals surface area contributed by atoms with Crippen LogP contribution in [0.2, 0.25) is 0 Å². The van der Waals surface area contributed by atoms with Gasteiger partial charge in [0.1, 0.15) is 16.8 Å². The zero-order chi connectivity index (χ0) is 25.4.